The van der Waals surface area contributed by atoms with E-state index in [9.17, 15) is 0 Å². The Balaban J connectivity index is -0.000000710. The van der Waals surface area contributed by atoms with Crippen LogP contribution in [0.4, 0.5) is 0 Å². The topological polar surface area (TPSA) is 9.72 Å². The van der Waals surface area contributed by atoms with Crippen molar-refractivity contribution in [3.63, 3.8) is 0 Å². The van der Waals surface area contributed by atoms with Crippen molar-refractivity contribution >= 4 is 32.3 Å². The SMILES string of the molecule is CN(C)C[CH-]c1ccccc1.CN(C)C[CH-]c1ccccc1.CN(C)C[CH-]c1ccccc1.[Cl-].[Cl-].[Cl-].[Zr+2].[Zr+2].[Zr+2].c1ccc2[cH-]ccc2c1.c1ccc2[cH-]ccc2c1.c1ccc2[cH-]ccc2c1. The molecule has 3 nitrogen and oxygen atoms in total. The molecule has 66 heavy (non-hydrogen) atoms. The van der Waals surface area contributed by atoms with Crippen molar-refractivity contribution in [1.82, 2.24) is 14.7 Å². The van der Waals surface area contributed by atoms with Crippen LogP contribution >= 0.6 is 0 Å². The summed E-state index contributed by atoms with van der Waals surface area (Å²) in [7, 11) is 12.4. The third kappa shape index (κ3) is 29.1. The number of nitrogens with zero attached hydrogens (tertiary/aromatic N) is 3. The number of hydrogen-bond donors (Lipinski definition) is 0. The maximum Gasteiger partial charge on any atom is 2.00 e. The Morgan fingerprint density at radius 2 is 0.515 bits per heavy atom. The first kappa shape index (κ1) is 67.4. The number of fused-ring (bicyclic) bond motifs is 3. The fourth-order valence-electron chi connectivity index (χ4n) is 5.84. The minimum atomic E-state index is 0. The van der Waals surface area contributed by atoms with Crippen LogP contribution in [-0.2, 0) is 78.6 Å². The molecule has 0 saturated carbocycles. The Morgan fingerprint density at radius 1 is 0.303 bits per heavy atom. The van der Waals surface area contributed by atoms with Gasteiger partial charge in [-0.2, -0.15) is 125 Å². The summed E-state index contributed by atoms with van der Waals surface area (Å²) < 4.78 is 0. The van der Waals surface area contributed by atoms with E-state index >= 15 is 0 Å². The summed E-state index contributed by atoms with van der Waals surface area (Å²) in [6, 6.07) is 75.1. The first-order valence-corrected chi connectivity index (χ1v) is 20.7. The van der Waals surface area contributed by atoms with Crippen molar-refractivity contribution < 1.29 is 116 Å². The Kier molecular flexibility index (Phi) is 42.1. The van der Waals surface area contributed by atoms with Crippen LogP contribution in [0.2, 0.25) is 0 Å². The number of rotatable bonds is 9. The van der Waals surface area contributed by atoms with Gasteiger partial charge in [0.1, 0.15) is 0 Å². The van der Waals surface area contributed by atoms with Crippen molar-refractivity contribution in [1.29, 1.82) is 0 Å². The van der Waals surface area contributed by atoms with Gasteiger partial charge in [-0.15, -0.1) is 125 Å². The van der Waals surface area contributed by atoms with Gasteiger partial charge in [-0.3, -0.25) is 0 Å². The number of likely N-dealkylation sites (N-methyl/N-ethyl adjacent to an activating group) is 3. The van der Waals surface area contributed by atoms with Crippen LogP contribution in [0.1, 0.15) is 16.7 Å². The maximum atomic E-state index is 2.21. The minimum Gasteiger partial charge on any atom is -1.00 e. The maximum absolute atomic E-state index is 2.21. The predicted molar refractivity (Wildman–Crippen MR) is 264 cm³/mol. The number of halogens is 3. The Morgan fingerprint density at radius 3 is 0.727 bits per heavy atom. The van der Waals surface area contributed by atoms with Crippen LogP contribution in [-0.4, -0.2) is 76.6 Å². The summed E-state index contributed by atoms with van der Waals surface area (Å²) in [5, 5.41) is 7.99. The van der Waals surface area contributed by atoms with Gasteiger partial charge < -0.3 is 51.9 Å². The molecule has 0 amide bonds. The summed E-state index contributed by atoms with van der Waals surface area (Å²) in [4.78, 5) is 6.44. The van der Waals surface area contributed by atoms with Crippen molar-refractivity contribution in [2.45, 2.75) is 0 Å². The van der Waals surface area contributed by atoms with Crippen molar-refractivity contribution in [2.75, 3.05) is 61.9 Å². The van der Waals surface area contributed by atoms with Crippen LogP contribution in [0.3, 0.4) is 0 Å². The van der Waals surface area contributed by atoms with Gasteiger partial charge in [-0.25, -0.2) is 0 Å². The van der Waals surface area contributed by atoms with Gasteiger partial charge >= 0.3 is 78.6 Å². The first-order chi connectivity index (χ1) is 29.3. The molecule has 342 valence electrons. The molecule has 9 rings (SSSR count). The fraction of sp³-hybridized carbons (Fsp3) is 0.158. The molecule has 0 fully saturated rings. The van der Waals surface area contributed by atoms with E-state index in [2.05, 4.69) is 276 Å². The van der Waals surface area contributed by atoms with Crippen LogP contribution in [0.5, 0.6) is 0 Å². The molecule has 0 atom stereocenters. The van der Waals surface area contributed by atoms with E-state index in [1.807, 2.05) is 18.2 Å². The van der Waals surface area contributed by atoms with Gasteiger partial charge in [0.25, 0.3) is 0 Å². The monoisotopic (exact) mass is 1160 g/mol. The van der Waals surface area contributed by atoms with Crippen LogP contribution in [0.25, 0.3) is 32.3 Å². The fourth-order valence-corrected chi connectivity index (χ4v) is 5.84. The van der Waals surface area contributed by atoms with Crippen molar-refractivity contribution in [3.05, 3.63) is 254 Å². The molecule has 0 spiro atoms. The average molecular weight is 1170 g/mol. The molecule has 0 N–H and O–H groups in total. The summed E-state index contributed by atoms with van der Waals surface area (Å²) in [6.07, 6.45) is 6.62. The summed E-state index contributed by atoms with van der Waals surface area (Å²) >= 11 is 0. The quantitative estimate of drug-likeness (QED) is 0.202. The molecule has 0 aliphatic heterocycles. The van der Waals surface area contributed by atoms with Crippen LogP contribution in [0.15, 0.2) is 218 Å². The Bertz CT molecular complexity index is 2040. The first-order valence-electron chi connectivity index (χ1n) is 20.7. The predicted octanol–water partition coefficient (Wildman–Crippen LogP) is 4.08. The van der Waals surface area contributed by atoms with E-state index in [-0.39, 0.29) is 116 Å². The molecule has 9 heteroatoms. The zero-order chi connectivity index (χ0) is 42.6. The van der Waals surface area contributed by atoms with Gasteiger partial charge in [-0.05, 0) is 61.9 Å². The summed E-state index contributed by atoms with van der Waals surface area (Å²) in [6.45, 7) is 3.01. The third-order valence-electron chi connectivity index (χ3n) is 9.12. The second-order valence-electron chi connectivity index (χ2n) is 15.1. The van der Waals surface area contributed by atoms with E-state index in [0.717, 1.165) is 19.6 Å². The molecule has 0 unspecified atom stereocenters. The smallest absolute Gasteiger partial charge is 1.00 e. The van der Waals surface area contributed by atoms with E-state index in [1.165, 1.54) is 49.0 Å². The summed E-state index contributed by atoms with van der Waals surface area (Å²) in [5.74, 6) is 0. The zero-order valence-corrected chi connectivity index (χ0v) is 48.8. The third-order valence-corrected chi connectivity index (χ3v) is 9.12. The second kappa shape index (κ2) is 41.2. The molecule has 0 saturated heterocycles. The van der Waals surface area contributed by atoms with Gasteiger partial charge in [0, 0.05) is 0 Å². The van der Waals surface area contributed by atoms with E-state index < -0.39 is 0 Å². The molecule has 0 radical (unpaired) electrons. The molecule has 0 bridgehead atoms. The van der Waals surface area contributed by atoms with Gasteiger partial charge in [0.05, 0.1) is 0 Å². The number of hydrogen-bond acceptors (Lipinski definition) is 3. The molecular formula is C57H63Cl3N3Zr3-3. The van der Waals surface area contributed by atoms with Crippen molar-refractivity contribution in [3.8, 4) is 0 Å². The molecule has 0 aliphatic rings. The second-order valence-corrected chi connectivity index (χ2v) is 15.1. The Labute approximate surface area is 474 Å². The van der Waals surface area contributed by atoms with E-state index in [4.69, 9.17) is 0 Å². The average Bonchev–Trinajstić information content (AvgIpc) is 4.08. The van der Waals surface area contributed by atoms with E-state index in [1.54, 1.807) is 0 Å². The largest absolute Gasteiger partial charge is 2.00 e. The molecular weight excluding hydrogens is 1110 g/mol. The zero-order valence-electron chi connectivity index (χ0n) is 39.1. The standard InChI is InChI=1S/3C10H14N.3C9H7.3ClH.3Zr/c3*1-11(2)9-8-10-6-4-3-5-7-10;3*1-2-5-9-7-3-6-8(9)4-1;;;;;;/h3*3-8H,9H2,1-2H3;3*1-7H;3*1H;;;/q6*-1;;;;3*+2/p-3. The van der Waals surface area contributed by atoms with Crippen LogP contribution in [0, 0.1) is 19.3 Å². The van der Waals surface area contributed by atoms with Gasteiger partial charge in [0.15, 0.2) is 0 Å². The van der Waals surface area contributed by atoms with E-state index in [0.29, 0.717) is 0 Å². The van der Waals surface area contributed by atoms with Gasteiger partial charge in [-0.1, -0.05) is 36.4 Å². The normalized spacial score (nSPS) is 9.23. The van der Waals surface area contributed by atoms with Gasteiger partial charge in [0.2, 0.25) is 0 Å². The molecule has 0 heterocycles. The molecule has 9 aromatic rings. The Hall–Kier alpha value is -2.84. The molecule has 0 aliphatic carbocycles. The molecule has 0 aromatic heterocycles. The van der Waals surface area contributed by atoms with Crippen molar-refractivity contribution in [2.24, 2.45) is 0 Å². The van der Waals surface area contributed by atoms with Crippen LogP contribution < -0.4 is 37.2 Å². The minimum absolute atomic E-state index is 0. The molecule has 9 aromatic carbocycles. The number of benzene rings is 6. The summed E-state index contributed by atoms with van der Waals surface area (Å²) in [5.41, 5.74) is 3.88.